The molecule has 1 fully saturated rings. The Morgan fingerprint density at radius 2 is 2.00 bits per heavy atom. The third-order valence-electron chi connectivity index (χ3n) is 4.40. The molecule has 0 aromatic rings. The van der Waals surface area contributed by atoms with Crippen LogP contribution in [0.1, 0.15) is 38.5 Å². The molecule has 1 saturated heterocycles. The smallest absolute Gasteiger partial charge is 0.125 e. The molecule has 0 bridgehead atoms. The molecule has 3 heteroatoms. The lowest BCUT2D eigenvalue weighted by Crippen LogP contribution is -2.15. The van der Waals surface area contributed by atoms with Gasteiger partial charge in [-0.15, -0.1) is 0 Å². The van der Waals surface area contributed by atoms with Crippen LogP contribution in [0.3, 0.4) is 0 Å². The Labute approximate surface area is 140 Å². The molecule has 0 aromatic heterocycles. The predicted molar refractivity (Wildman–Crippen MR) is 96.0 cm³/mol. The first-order valence-corrected chi connectivity index (χ1v) is 8.54. The first-order valence-electron chi connectivity index (χ1n) is 8.54. The average molecular weight is 315 g/mol. The second-order valence-corrected chi connectivity index (χ2v) is 6.15. The lowest BCUT2D eigenvalue weighted by molar-refractivity contribution is 0.0377. The fourth-order valence-corrected chi connectivity index (χ4v) is 3.04. The minimum absolute atomic E-state index is 0.372. The maximum atomic E-state index is 6.06. The highest BCUT2D eigenvalue weighted by atomic mass is 16.5. The predicted octanol–water partition coefficient (Wildman–Crippen LogP) is 4.19. The molecule has 3 nitrogen and oxygen atoms in total. The van der Waals surface area contributed by atoms with E-state index in [1.54, 1.807) is 7.11 Å². The van der Waals surface area contributed by atoms with Crippen molar-refractivity contribution in [3.63, 3.8) is 0 Å². The van der Waals surface area contributed by atoms with E-state index in [0.29, 0.717) is 12.2 Å². The summed E-state index contributed by atoms with van der Waals surface area (Å²) in [5.74, 6) is 0.814. The Balaban J connectivity index is 1.93. The third-order valence-corrected chi connectivity index (χ3v) is 4.40. The molecule has 1 aliphatic heterocycles. The molecule has 1 heterocycles. The van der Waals surface area contributed by atoms with Gasteiger partial charge in [-0.3, -0.25) is 0 Å². The zero-order valence-electron chi connectivity index (χ0n) is 14.2. The second kappa shape index (κ2) is 9.53. The number of nitrogens with two attached hydrogens (primary N) is 1. The van der Waals surface area contributed by atoms with Gasteiger partial charge in [0, 0.05) is 5.57 Å². The van der Waals surface area contributed by atoms with Gasteiger partial charge in [-0.05, 0) is 51.1 Å². The number of methoxy groups -OCH3 is 1. The van der Waals surface area contributed by atoms with E-state index in [0.717, 1.165) is 56.4 Å². The lowest BCUT2D eigenvalue weighted by Gasteiger charge is -2.14. The number of hydrogen-bond donors (Lipinski definition) is 1. The van der Waals surface area contributed by atoms with Crippen molar-refractivity contribution >= 4 is 0 Å². The largest absolute Gasteiger partial charge is 0.496 e. The average Bonchev–Trinajstić information content (AvgIpc) is 3.00. The normalized spacial score (nSPS) is 30.3. The first-order chi connectivity index (χ1) is 11.2. The van der Waals surface area contributed by atoms with Gasteiger partial charge < -0.3 is 15.2 Å². The van der Waals surface area contributed by atoms with Crippen molar-refractivity contribution in [3.8, 4) is 0 Å². The fraction of sp³-hybridized carbons (Fsp3) is 0.500. The molecule has 126 valence electrons. The Kier molecular flexibility index (Phi) is 7.37. The molecule has 0 radical (unpaired) electrons. The molecule has 23 heavy (non-hydrogen) atoms. The molecule has 1 aliphatic carbocycles. The number of rotatable bonds is 6. The topological polar surface area (TPSA) is 44.5 Å². The van der Waals surface area contributed by atoms with Crippen molar-refractivity contribution in [2.45, 2.75) is 50.7 Å². The zero-order chi connectivity index (χ0) is 16.5. The summed E-state index contributed by atoms with van der Waals surface area (Å²) in [6.45, 7) is 4.74. The van der Waals surface area contributed by atoms with Crippen LogP contribution in [-0.4, -0.2) is 25.9 Å². The molecule has 0 aromatic carbocycles. The summed E-state index contributed by atoms with van der Waals surface area (Å²) in [5.41, 5.74) is 7.89. The zero-order valence-corrected chi connectivity index (χ0v) is 14.2. The minimum Gasteiger partial charge on any atom is -0.496 e. The molecule has 2 unspecified atom stereocenters. The summed E-state index contributed by atoms with van der Waals surface area (Å²) in [7, 11) is 1.68. The summed E-state index contributed by atoms with van der Waals surface area (Å²) in [6.07, 6.45) is 19.6. The van der Waals surface area contributed by atoms with Gasteiger partial charge in [0.05, 0.1) is 19.3 Å². The van der Waals surface area contributed by atoms with Crippen LogP contribution in [0.5, 0.6) is 0 Å². The van der Waals surface area contributed by atoms with Crippen LogP contribution in [-0.2, 0) is 9.47 Å². The van der Waals surface area contributed by atoms with Gasteiger partial charge in [-0.2, -0.15) is 0 Å². The van der Waals surface area contributed by atoms with Crippen molar-refractivity contribution in [3.05, 3.63) is 59.9 Å². The molecule has 2 N–H and O–H groups in total. The fourth-order valence-electron chi connectivity index (χ4n) is 3.04. The second-order valence-electron chi connectivity index (χ2n) is 6.15. The summed E-state index contributed by atoms with van der Waals surface area (Å²) < 4.78 is 11.5. The highest BCUT2D eigenvalue weighted by Crippen LogP contribution is 2.27. The van der Waals surface area contributed by atoms with E-state index in [-0.39, 0.29) is 0 Å². The van der Waals surface area contributed by atoms with Crippen molar-refractivity contribution in [2.75, 3.05) is 13.7 Å². The van der Waals surface area contributed by atoms with E-state index < -0.39 is 0 Å². The maximum Gasteiger partial charge on any atom is 0.125 e. The van der Waals surface area contributed by atoms with Crippen LogP contribution < -0.4 is 5.73 Å². The van der Waals surface area contributed by atoms with Gasteiger partial charge in [0.2, 0.25) is 0 Å². The molecular formula is C20H29NO2. The summed E-state index contributed by atoms with van der Waals surface area (Å²) in [4.78, 5) is 0. The molecule has 2 rings (SSSR count). The summed E-state index contributed by atoms with van der Waals surface area (Å²) in [6, 6.07) is 0. The van der Waals surface area contributed by atoms with Crippen LogP contribution in [0.2, 0.25) is 0 Å². The van der Waals surface area contributed by atoms with Crippen LogP contribution in [0.15, 0.2) is 59.9 Å². The quantitative estimate of drug-likeness (QED) is 0.799. The lowest BCUT2D eigenvalue weighted by atomic mass is 10.0. The van der Waals surface area contributed by atoms with Crippen LogP contribution in [0.4, 0.5) is 0 Å². The van der Waals surface area contributed by atoms with Crippen LogP contribution in [0.25, 0.3) is 0 Å². The van der Waals surface area contributed by atoms with Crippen LogP contribution in [0, 0.1) is 0 Å². The van der Waals surface area contributed by atoms with Crippen molar-refractivity contribution < 1.29 is 9.47 Å². The number of allylic oxidation sites excluding steroid dienone is 7. The Hall–Kier alpha value is -1.58. The molecule has 2 aliphatic rings. The van der Waals surface area contributed by atoms with Gasteiger partial charge >= 0.3 is 0 Å². The van der Waals surface area contributed by atoms with Crippen molar-refractivity contribution in [1.82, 2.24) is 0 Å². The van der Waals surface area contributed by atoms with E-state index in [9.17, 15) is 0 Å². The van der Waals surface area contributed by atoms with Gasteiger partial charge in [-0.25, -0.2) is 0 Å². The maximum absolute atomic E-state index is 6.06. The molecule has 0 amide bonds. The van der Waals surface area contributed by atoms with E-state index >= 15 is 0 Å². The molecular weight excluding hydrogens is 286 g/mol. The van der Waals surface area contributed by atoms with Gasteiger partial charge in [0.25, 0.3) is 0 Å². The SMILES string of the molecule is C=C1/C=C\C=C/C/C(CCC2CCC(CCN)O2)=C\C=C1OC. The van der Waals surface area contributed by atoms with Gasteiger partial charge in [0.1, 0.15) is 5.76 Å². The van der Waals surface area contributed by atoms with E-state index in [4.69, 9.17) is 15.2 Å². The van der Waals surface area contributed by atoms with Gasteiger partial charge in [0.15, 0.2) is 0 Å². The summed E-state index contributed by atoms with van der Waals surface area (Å²) in [5, 5.41) is 0. The Morgan fingerprint density at radius 1 is 1.22 bits per heavy atom. The van der Waals surface area contributed by atoms with E-state index in [1.807, 2.05) is 18.2 Å². The number of hydrogen-bond acceptors (Lipinski definition) is 3. The van der Waals surface area contributed by atoms with Crippen molar-refractivity contribution in [1.29, 1.82) is 0 Å². The minimum atomic E-state index is 0.372. The van der Waals surface area contributed by atoms with E-state index in [1.165, 1.54) is 5.57 Å². The van der Waals surface area contributed by atoms with Gasteiger partial charge in [-0.1, -0.05) is 42.5 Å². The number of ether oxygens (including phenoxy) is 2. The summed E-state index contributed by atoms with van der Waals surface area (Å²) >= 11 is 0. The standard InChI is InChI=1S/C20H29NO2/c1-16-6-4-3-5-7-17(9-13-20(16)22-2)8-10-18-11-12-19(23-18)14-15-21/h3-6,9,13,18-19H,1,7-8,10-12,14-15,21H2,2H3/b5-3-,6-4-,17-9+,20-13?. The monoisotopic (exact) mass is 315 g/mol. The Morgan fingerprint density at radius 3 is 2.74 bits per heavy atom. The molecule has 2 atom stereocenters. The highest BCUT2D eigenvalue weighted by Gasteiger charge is 2.24. The third kappa shape index (κ3) is 5.85. The first kappa shape index (κ1) is 17.8. The highest BCUT2D eigenvalue weighted by molar-refractivity contribution is 5.38. The van der Waals surface area contributed by atoms with Crippen molar-refractivity contribution in [2.24, 2.45) is 5.73 Å². The molecule has 0 saturated carbocycles. The van der Waals surface area contributed by atoms with E-state index in [2.05, 4.69) is 24.8 Å². The van der Waals surface area contributed by atoms with Crippen LogP contribution >= 0.6 is 0 Å². The Bertz CT molecular complexity index is 514. The molecule has 0 spiro atoms.